The van der Waals surface area contributed by atoms with Gasteiger partial charge in [0.2, 0.25) is 0 Å². The molecule has 0 saturated carbocycles. The van der Waals surface area contributed by atoms with Crippen LogP contribution in [0, 0.1) is 17.8 Å². The van der Waals surface area contributed by atoms with Gasteiger partial charge in [-0.1, -0.05) is 0 Å². The Kier molecular flexibility index (Phi) is 3.97. The summed E-state index contributed by atoms with van der Waals surface area (Å²) in [4.78, 5) is 11.2. The second-order valence-corrected chi connectivity index (χ2v) is 3.76. The first-order chi connectivity index (χ1) is 6.71. The summed E-state index contributed by atoms with van der Waals surface area (Å²) in [7, 11) is 0. The van der Waals surface area contributed by atoms with Crippen molar-refractivity contribution in [3.63, 3.8) is 0 Å². The summed E-state index contributed by atoms with van der Waals surface area (Å²) in [5.41, 5.74) is -0.574. The molecule has 0 aromatic heterocycles. The fourth-order valence-electron chi connectivity index (χ4n) is 1.86. The van der Waals surface area contributed by atoms with Gasteiger partial charge in [0.15, 0.2) is 0 Å². The van der Waals surface area contributed by atoms with E-state index in [2.05, 4.69) is 5.92 Å². The summed E-state index contributed by atoms with van der Waals surface area (Å²) in [6.07, 6.45) is 8.51. The van der Waals surface area contributed by atoms with E-state index in [9.17, 15) is 9.90 Å². The van der Waals surface area contributed by atoms with Crippen molar-refractivity contribution in [1.82, 2.24) is 0 Å². The first-order valence-corrected chi connectivity index (χ1v) is 4.96. The number of aliphatic carboxylic acids is 1. The van der Waals surface area contributed by atoms with E-state index in [-0.39, 0.29) is 0 Å². The Labute approximate surface area is 84.5 Å². The van der Waals surface area contributed by atoms with Gasteiger partial charge < -0.3 is 9.84 Å². The molecule has 0 aromatic rings. The highest BCUT2D eigenvalue weighted by Gasteiger charge is 2.39. The van der Waals surface area contributed by atoms with Gasteiger partial charge >= 0.3 is 5.97 Å². The van der Waals surface area contributed by atoms with E-state index in [4.69, 9.17) is 11.2 Å². The van der Waals surface area contributed by atoms with Gasteiger partial charge in [-0.3, -0.25) is 4.79 Å². The van der Waals surface area contributed by atoms with Crippen molar-refractivity contribution in [2.45, 2.75) is 32.1 Å². The molecule has 3 nitrogen and oxygen atoms in total. The zero-order chi connectivity index (χ0) is 10.4. The summed E-state index contributed by atoms with van der Waals surface area (Å²) in [6.45, 7) is 1.12. The molecule has 0 amide bonds. The van der Waals surface area contributed by atoms with Crippen molar-refractivity contribution in [3.8, 4) is 12.3 Å². The Morgan fingerprint density at radius 1 is 1.50 bits per heavy atom. The van der Waals surface area contributed by atoms with Gasteiger partial charge in [-0.15, -0.1) is 12.3 Å². The van der Waals surface area contributed by atoms with Crippen LogP contribution in [0.1, 0.15) is 32.1 Å². The highest BCUT2D eigenvalue weighted by Crippen LogP contribution is 2.35. The Morgan fingerprint density at radius 3 is 2.64 bits per heavy atom. The molecule has 1 N–H and O–H groups in total. The molecule has 78 valence electrons. The minimum Gasteiger partial charge on any atom is -0.481 e. The standard InChI is InChI=1S/C11H16O3/c1-2-3-4-5-11(10(12)13)6-8-14-9-7-11/h1H,3-9H2,(H,12,13). The quantitative estimate of drug-likeness (QED) is 0.549. The molecule has 14 heavy (non-hydrogen) atoms. The maximum atomic E-state index is 11.2. The monoisotopic (exact) mass is 196 g/mol. The average molecular weight is 196 g/mol. The lowest BCUT2D eigenvalue weighted by Gasteiger charge is -2.32. The molecular formula is C11H16O3. The van der Waals surface area contributed by atoms with Crippen molar-refractivity contribution >= 4 is 5.97 Å². The predicted molar refractivity (Wildman–Crippen MR) is 52.8 cm³/mol. The van der Waals surface area contributed by atoms with Gasteiger partial charge in [0.05, 0.1) is 5.41 Å². The van der Waals surface area contributed by atoms with Crippen LogP contribution in [0.25, 0.3) is 0 Å². The molecule has 0 aromatic carbocycles. The zero-order valence-electron chi connectivity index (χ0n) is 8.29. The van der Waals surface area contributed by atoms with Crippen LogP contribution >= 0.6 is 0 Å². The number of carboxylic acids is 1. The molecule has 1 rings (SSSR count). The zero-order valence-corrected chi connectivity index (χ0v) is 8.29. The Morgan fingerprint density at radius 2 is 2.14 bits per heavy atom. The molecule has 0 aliphatic carbocycles. The fraction of sp³-hybridized carbons (Fsp3) is 0.727. The van der Waals surface area contributed by atoms with E-state index in [1.807, 2.05) is 0 Å². The van der Waals surface area contributed by atoms with E-state index < -0.39 is 11.4 Å². The van der Waals surface area contributed by atoms with Crippen LogP contribution < -0.4 is 0 Å². The number of hydrogen-bond acceptors (Lipinski definition) is 2. The molecule has 0 unspecified atom stereocenters. The number of hydrogen-bond donors (Lipinski definition) is 1. The van der Waals surface area contributed by atoms with Crippen molar-refractivity contribution in [3.05, 3.63) is 0 Å². The third-order valence-corrected chi connectivity index (χ3v) is 2.88. The number of terminal acetylenes is 1. The van der Waals surface area contributed by atoms with Gasteiger partial charge in [0.25, 0.3) is 0 Å². The lowest BCUT2D eigenvalue weighted by molar-refractivity contribution is -0.155. The molecular weight excluding hydrogens is 180 g/mol. The Balaban J connectivity index is 2.53. The summed E-state index contributed by atoms with van der Waals surface area (Å²) in [5, 5.41) is 9.18. The lowest BCUT2D eigenvalue weighted by Crippen LogP contribution is -2.37. The van der Waals surface area contributed by atoms with Crippen molar-refractivity contribution in [2.24, 2.45) is 5.41 Å². The van der Waals surface area contributed by atoms with Crippen LogP contribution in [-0.2, 0) is 9.53 Å². The first kappa shape index (κ1) is 11.1. The predicted octanol–water partition coefficient (Wildman–Crippen LogP) is 1.67. The third-order valence-electron chi connectivity index (χ3n) is 2.88. The number of unbranched alkanes of at least 4 members (excludes halogenated alkanes) is 1. The van der Waals surface area contributed by atoms with Gasteiger partial charge in [-0.2, -0.15) is 0 Å². The second kappa shape index (κ2) is 5.02. The molecule has 3 heteroatoms. The summed E-state index contributed by atoms with van der Waals surface area (Å²) < 4.78 is 5.18. The molecule has 0 radical (unpaired) electrons. The van der Waals surface area contributed by atoms with Crippen LogP contribution in [0.5, 0.6) is 0 Å². The topological polar surface area (TPSA) is 46.5 Å². The minimum atomic E-state index is -0.696. The summed E-state index contributed by atoms with van der Waals surface area (Å²) >= 11 is 0. The van der Waals surface area contributed by atoms with Gasteiger partial charge in [0.1, 0.15) is 0 Å². The van der Waals surface area contributed by atoms with E-state index in [1.165, 1.54) is 0 Å². The fourth-order valence-corrected chi connectivity index (χ4v) is 1.86. The smallest absolute Gasteiger partial charge is 0.309 e. The largest absolute Gasteiger partial charge is 0.481 e. The van der Waals surface area contributed by atoms with E-state index in [0.29, 0.717) is 38.9 Å². The van der Waals surface area contributed by atoms with Crippen molar-refractivity contribution in [1.29, 1.82) is 0 Å². The van der Waals surface area contributed by atoms with E-state index >= 15 is 0 Å². The van der Waals surface area contributed by atoms with Crippen molar-refractivity contribution in [2.75, 3.05) is 13.2 Å². The maximum Gasteiger partial charge on any atom is 0.309 e. The summed E-state index contributed by atoms with van der Waals surface area (Å²) in [6, 6.07) is 0. The Hall–Kier alpha value is -1.01. The highest BCUT2D eigenvalue weighted by atomic mass is 16.5. The SMILES string of the molecule is C#CCCCC1(C(=O)O)CCOCC1. The van der Waals surface area contributed by atoms with Gasteiger partial charge in [-0.25, -0.2) is 0 Å². The van der Waals surface area contributed by atoms with Crippen LogP contribution in [0.15, 0.2) is 0 Å². The lowest BCUT2D eigenvalue weighted by atomic mass is 9.76. The van der Waals surface area contributed by atoms with Crippen molar-refractivity contribution < 1.29 is 14.6 Å². The number of rotatable bonds is 4. The minimum absolute atomic E-state index is 0.558. The van der Waals surface area contributed by atoms with E-state index in [0.717, 1.165) is 6.42 Å². The molecule has 1 heterocycles. The molecule has 1 aliphatic rings. The normalized spacial score (nSPS) is 19.9. The third kappa shape index (κ3) is 2.49. The number of ether oxygens (including phenoxy) is 1. The number of carboxylic acid groups (broad SMARTS) is 1. The van der Waals surface area contributed by atoms with Crippen LogP contribution in [-0.4, -0.2) is 24.3 Å². The van der Waals surface area contributed by atoms with Gasteiger partial charge in [0, 0.05) is 19.6 Å². The maximum absolute atomic E-state index is 11.2. The highest BCUT2D eigenvalue weighted by molar-refractivity contribution is 5.74. The molecule has 0 bridgehead atoms. The molecule has 1 saturated heterocycles. The van der Waals surface area contributed by atoms with E-state index in [1.54, 1.807) is 0 Å². The van der Waals surface area contributed by atoms with Crippen LogP contribution in [0.2, 0.25) is 0 Å². The first-order valence-electron chi connectivity index (χ1n) is 4.96. The second-order valence-electron chi connectivity index (χ2n) is 3.76. The van der Waals surface area contributed by atoms with Gasteiger partial charge in [-0.05, 0) is 25.7 Å². The average Bonchev–Trinajstić information content (AvgIpc) is 2.19. The number of carbonyl (C=O) groups is 1. The van der Waals surface area contributed by atoms with Crippen LogP contribution in [0.4, 0.5) is 0 Å². The summed E-state index contributed by atoms with van der Waals surface area (Å²) in [5.74, 6) is 1.84. The van der Waals surface area contributed by atoms with Crippen LogP contribution in [0.3, 0.4) is 0 Å². The molecule has 1 fully saturated rings. The molecule has 1 aliphatic heterocycles. The molecule has 0 spiro atoms. The molecule has 0 atom stereocenters. The Bertz CT molecular complexity index is 233.